The zero-order valence-electron chi connectivity index (χ0n) is 12.3. The van der Waals surface area contributed by atoms with E-state index in [0.717, 1.165) is 5.56 Å². The molecule has 0 aliphatic carbocycles. The number of hydrogen-bond acceptors (Lipinski definition) is 5. The maximum absolute atomic E-state index is 11.4. The fourth-order valence-corrected chi connectivity index (χ4v) is 2.14. The van der Waals surface area contributed by atoms with E-state index >= 15 is 0 Å². The molecule has 0 saturated carbocycles. The molecule has 0 bridgehead atoms. The van der Waals surface area contributed by atoms with E-state index in [2.05, 4.69) is 4.74 Å². The molecule has 0 aliphatic rings. The topological polar surface area (TPSA) is 72.7 Å². The van der Waals surface area contributed by atoms with Crippen molar-refractivity contribution < 1.29 is 14.5 Å². The first-order valence-corrected chi connectivity index (χ1v) is 6.36. The number of esters is 1. The highest BCUT2D eigenvalue weighted by Gasteiger charge is 2.18. The Morgan fingerprint density at radius 2 is 2.15 bits per heavy atom. The van der Waals surface area contributed by atoms with Gasteiger partial charge in [0.05, 0.1) is 18.0 Å². The zero-order valence-corrected chi connectivity index (χ0v) is 12.3. The fourth-order valence-electron chi connectivity index (χ4n) is 2.14. The van der Waals surface area contributed by atoms with Gasteiger partial charge < -0.3 is 9.64 Å². The summed E-state index contributed by atoms with van der Waals surface area (Å²) >= 11 is 0. The van der Waals surface area contributed by atoms with Gasteiger partial charge in [0.25, 0.3) is 5.69 Å². The van der Waals surface area contributed by atoms with Gasteiger partial charge in [0.2, 0.25) is 0 Å². The standard InChI is InChI=1S/C14H20N2O4/c1-10(14(17)20-4)8-15(3)9-12-6-5-7-13(11(12)2)16(18)19/h5-7,10H,8-9H2,1-4H3. The van der Waals surface area contributed by atoms with Crippen LogP contribution in [0, 0.1) is 23.0 Å². The summed E-state index contributed by atoms with van der Waals surface area (Å²) in [4.78, 5) is 23.8. The number of carbonyl (C=O) groups excluding carboxylic acids is 1. The molecule has 0 saturated heterocycles. The van der Waals surface area contributed by atoms with Crippen LogP contribution in [-0.4, -0.2) is 36.5 Å². The van der Waals surface area contributed by atoms with Gasteiger partial charge in [0.15, 0.2) is 0 Å². The third kappa shape index (κ3) is 4.03. The van der Waals surface area contributed by atoms with Gasteiger partial charge in [-0.3, -0.25) is 14.9 Å². The lowest BCUT2D eigenvalue weighted by atomic mass is 10.1. The number of nitro benzene ring substituents is 1. The number of nitrogens with zero attached hydrogens (tertiary/aromatic N) is 2. The molecule has 1 rings (SSSR count). The van der Waals surface area contributed by atoms with E-state index in [1.807, 2.05) is 18.0 Å². The van der Waals surface area contributed by atoms with Crippen LogP contribution >= 0.6 is 0 Å². The van der Waals surface area contributed by atoms with Gasteiger partial charge in [0, 0.05) is 24.7 Å². The predicted octanol–water partition coefficient (Wildman–Crippen LogP) is 2.14. The Kier molecular flexibility index (Phi) is 5.64. The molecule has 110 valence electrons. The number of hydrogen-bond donors (Lipinski definition) is 0. The monoisotopic (exact) mass is 280 g/mol. The van der Waals surface area contributed by atoms with Gasteiger partial charge in [-0.05, 0) is 19.5 Å². The second-order valence-corrected chi connectivity index (χ2v) is 4.94. The van der Waals surface area contributed by atoms with Crippen molar-refractivity contribution >= 4 is 11.7 Å². The molecule has 0 heterocycles. The molecule has 0 fully saturated rings. The fraction of sp³-hybridized carbons (Fsp3) is 0.500. The van der Waals surface area contributed by atoms with Crippen LogP contribution in [0.1, 0.15) is 18.1 Å². The van der Waals surface area contributed by atoms with E-state index in [-0.39, 0.29) is 22.5 Å². The van der Waals surface area contributed by atoms with Crippen LogP contribution in [0.15, 0.2) is 18.2 Å². The Hall–Kier alpha value is -1.95. The normalized spacial score (nSPS) is 12.2. The quantitative estimate of drug-likeness (QED) is 0.453. The van der Waals surface area contributed by atoms with Crippen molar-refractivity contribution in [1.29, 1.82) is 0 Å². The van der Waals surface area contributed by atoms with Crippen LogP contribution in [0.3, 0.4) is 0 Å². The number of nitro groups is 1. The van der Waals surface area contributed by atoms with Crippen molar-refractivity contribution in [2.75, 3.05) is 20.7 Å². The number of methoxy groups -OCH3 is 1. The van der Waals surface area contributed by atoms with Crippen LogP contribution < -0.4 is 0 Å². The summed E-state index contributed by atoms with van der Waals surface area (Å²) in [5, 5.41) is 10.9. The van der Waals surface area contributed by atoms with Crippen LogP contribution in [0.4, 0.5) is 5.69 Å². The third-order valence-electron chi connectivity index (χ3n) is 3.24. The number of benzene rings is 1. The Bertz CT molecular complexity index is 502. The predicted molar refractivity (Wildman–Crippen MR) is 75.3 cm³/mol. The summed E-state index contributed by atoms with van der Waals surface area (Å²) < 4.78 is 4.68. The summed E-state index contributed by atoms with van der Waals surface area (Å²) in [5.41, 5.74) is 1.67. The van der Waals surface area contributed by atoms with E-state index < -0.39 is 0 Å². The van der Waals surface area contributed by atoms with Gasteiger partial charge in [-0.2, -0.15) is 0 Å². The molecule has 1 unspecified atom stereocenters. The molecule has 0 aliphatic heterocycles. The van der Waals surface area contributed by atoms with E-state index in [0.29, 0.717) is 18.7 Å². The lowest BCUT2D eigenvalue weighted by molar-refractivity contribution is -0.385. The maximum Gasteiger partial charge on any atom is 0.309 e. The van der Waals surface area contributed by atoms with Crippen molar-refractivity contribution in [2.24, 2.45) is 5.92 Å². The molecular formula is C14H20N2O4. The smallest absolute Gasteiger partial charge is 0.309 e. The highest BCUT2D eigenvalue weighted by Crippen LogP contribution is 2.22. The molecule has 6 nitrogen and oxygen atoms in total. The molecule has 0 spiro atoms. The Morgan fingerprint density at radius 1 is 1.50 bits per heavy atom. The molecule has 1 aromatic carbocycles. The van der Waals surface area contributed by atoms with E-state index in [1.165, 1.54) is 13.2 Å². The second-order valence-electron chi connectivity index (χ2n) is 4.94. The van der Waals surface area contributed by atoms with Crippen molar-refractivity contribution in [3.05, 3.63) is 39.4 Å². The molecule has 0 N–H and O–H groups in total. The summed E-state index contributed by atoms with van der Waals surface area (Å²) in [5.74, 6) is -0.489. The van der Waals surface area contributed by atoms with Crippen LogP contribution in [-0.2, 0) is 16.1 Å². The minimum absolute atomic E-state index is 0.122. The molecule has 0 amide bonds. The van der Waals surface area contributed by atoms with Gasteiger partial charge >= 0.3 is 5.97 Å². The zero-order chi connectivity index (χ0) is 15.3. The summed E-state index contributed by atoms with van der Waals surface area (Å²) in [6.07, 6.45) is 0. The lowest BCUT2D eigenvalue weighted by Gasteiger charge is -2.20. The van der Waals surface area contributed by atoms with Gasteiger partial charge in [-0.1, -0.05) is 19.1 Å². The molecule has 1 atom stereocenters. The summed E-state index contributed by atoms with van der Waals surface area (Å²) in [6, 6.07) is 5.04. The first-order valence-electron chi connectivity index (χ1n) is 6.36. The molecule has 20 heavy (non-hydrogen) atoms. The van der Waals surface area contributed by atoms with Crippen molar-refractivity contribution in [1.82, 2.24) is 4.90 Å². The lowest BCUT2D eigenvalue weighted by Crippen LogP contribution is -2.29. The summed E-state index contributed by atoms with van der Waals surface area (Å²) in [7, 11) is 3.24. The van der Waals surface area contributed by atoms with Crippen LogP contribution in [0.5, 0.6) is 0 Å². The maximum atomic E-state index is 11.4. The average molecular weight is 280 g/mol. The molecular weight excluding hydrogens is 260 g/mol. The Morgan fingerprint density at radius 3 is 2.70 bits per heavy atom. The van der Waals surface area contributed by atoms with Crippen molar-refractivity contribution in [3.8, 4) is 0 Å². The number of ether oxygens (including phenoxy) is 1. The summed E-state index contributed by atoms with van der Waals surface area (Å²) in [6.45, 7) is 4.62. The van der Waals surface area contributed by atoms with Crippen molar-refractivity contribution in [2.45, 2.75) is 20.4 Å². The van der Waals surface area contributed by atoms with E-state index in [9.17, 15) is 14.9 Å². The highest BCUT2D eigenvalue weighted by atomic mass is 16.6. The third-order valence-corrected chi connectivity index (χ3v) is 3.24. The minimum Gasteiger partial charge on any atom is -0.469 e. The van der Waals surface area contributed by atoms with Gasteiger partial charge in [-0.25, -0.2) is 0 Å². The second kappa shape index (κ2) is 7.00. The average Bonchev–Trinajstić information content (AvgIpc) is 2.39. The van der Waals surface area contributed by atoms with E-state index in [4.69, 9.17) is 0 Å². The minimum atomic E-state index is -0.379. The first-order chi connectivity index (χ1) is 9.36. The largest absolute Gasteiger partial charge is 0.469 e. The SMILES string of the molecule is COC(=O)C(C)CN(C)Cc1cccc([N+](=O)[O-])c1C. The van der Waals surface area contributed by atoms with Crippen LogP contribution in [0.2, 0.25) is 0 Å². The Labute approximate surface area is 118 Å². The van der Waals surface area contributed by atoms with E-state index in [1.54, 1.807) is 19.9 Å². The molecule has 1 aromatic rings. The molecule has 6 heteroatoms. The number of carbonyl (C=O) groups is 1. The van der Waals surface area contributed by atoms with Gasteiger partial charge in [-0.15, -0.1) is 0 Å². The van der Waals surface area contributed by atoms with Crippen LogP contribution in [0.25, 0.3) is 0 Å². The molecule has 0 radical (unpaired) electrons. The Balaban J connectivity index is 2.76. The van der Waals surface area contributed by atoms with Gasteiger partial charge in [0.1, 0.15) is 0 Å². The van der Waals surface area contributed by atoms with Crippen molar-refractivity contribution in [3.63, 3.8) is 0 Å². The highest BCUT2D eigenvalue weighted by molar-refractivity contribution is 5.72. The number of rotatable bonds is 6. The molecule has 0 aromatic heterocycles. The first kappa shape index (κ1) is 16.1.